The number of benzene rings is 1. The number of rotatable bonds is 6. The van der Waals surface area contributed by atoms with Crippen molar-refractivity contribution in [2.24, 2.45) is 0 Å². The van der Waals surface area contributed by atoms with Gasteiger partial charge in [-0.15, -0.1) is 0 Å². The molecule has 0 fully saturated rings. The van der Waals surface area contributed by atoms with Crippen molar-refractivity contribution in [1.82, 2.24) is 4.90 Å². The number of hydrogen-bond acceptors (Lipinski definition) is 3. The highest BCUT2D eigenvalue weighted by atomic mass is 127. The van der Waals surface area contributed by atoms with E-state index >= 15 is 0 Å². The summed E-state index contributed by atoms with van der Waals surface area (Å²) >= 11 is 1.96. The van der Waals surface area contributed by atoms with E-state index in [4.69, 9.17) is 5.73 Å². The van der Waals surface area contributed by atoms with E-state index in [0.717, 1.165) is 31.7 Å². The van der Waals surface area contributed by atoms with Gasteiger partial charge in [0.15, 0.2) is 0 Å². The van der Waals surface area contributed by atoms with Crippen LogP contribution in [0.2, 0.25) is 0 Å². The quantitative estimate of drug-likeness (QED) is 0.622. The molecule has 0 heterocycles. The fourth-order valence-electron chi connectivity index (χ4n) is 1.85. The topological polar surface area (TPSA) is 32.5 Å². The third-order valence-corrected chi connectivity index (χ3v) is 3.65. The van der Waals surface area contributed by atoms with Crippen molar-refractivity contribution in [1.29, 1.82) is 0 Å². The predicted molar refractivity (Wildman–Crippen MR) is 84.6 cm³/mol. The normalized spacial score (nSPS) is 11.0. The lowest BCUT2D eigenvalue weighted by atomic mass is 10.2. The van der Waals surface area contributed by atoms with E-state index in [9.17, 15) is 4.39 Å². The van der Waals surface area contributed by atoms with Gasteiger partial charge >= 0.3 is 0 Å². The first-order valence-electron chi connectivity index (χ1n) is 6.10. The maximum Gasteiger partial charge on any atom is 0.138 e. The van der Waals surface area contributed by atoms with E-state index in [0.29, 0.717) is 9.26 Å². The molecule has 0 radical (unpaired) electrons. The predicted octanol–water partition coefficient (Wildman–Crippen LogP) is 2.79. The minimum Gasteiger partial charge on any atom is -0.397 e. The summed E-state index contributed by atoms with van der Waals surface area (Å²) in [7, 11) is 4.10. The summed E-state index contributed by atoms with van der Waals surface area (Å²) < 4.78 is 14.2. The monoisotopic (exact) mass is 365 g/mol. The first-order chi connectivity index (χ1) is 8.45. The van der Waals surface area contributed by atoms with Crippen LogP contribution in [0.25, 0.3) is 0 Å². The Bertz CT molecular complexity index is 396. The molecule has 0 saturated carbocycles. The van der Waals surface area contributed by atoms with Gasteiger partial charge in [-0.2, -0.15) is 0 Å². The molecule has 1 rings (SSSR count). The van der Waals surface area contributed by atoms with Gasteiger partial charge in [-0.1, -0.05) is 0 Å². The molecule has 102 valence electrons. The molecule has 0 spiro atoms. The van der Waals surface area contributed by atoms with E-state index in [2.05, 4.69) is 30.8 Å². The molecule has 0 atom stereocenters. The highest BCUT2D eigenvalue weighted by Gasteiger charge is 2.11. The lowest BCUT2D eigenvalue weighted by molar-refractivity contribution is 0.400. The van der Waals surface area contributed by atoms with Gasteiger partial charge in [-0.05, 0) is 62.6 Å². The van der Waals surface area contributed by atoms with Gasteiger partial charge in [0.1, 0.15) is 5.82 Å². The second kappa shape index (κ2) is 7.13. The summed E-state index contributed by atoms with van der Waals surface area (Å²) in [6, 6.07) is 3.23. The number of halogens is 2. The van der Waals surface area contributed by atoms with Crippen LogP contribution in [0.1, 0.15) is 13.3 Å². The van der Waals surface area contributed by atoms with Crippen molar-refractivity contribution in [3.63, 3.8) is 0 Å². The van der Waals surface area contributed by atoms with Gasteiger partial charge < -0.3 is 15.5 Å². The molecule has 18 heavy (non-hydrogen) atoms. The third-order valence-electron chi connectivity index (χ3n) is 2.83. The maximum atomic E-state index is 13.6. The van der Waals surface area contributed by atoms with Gasteiger partial charge in [0, 0.05) is 19.2 Å². The molecule has 1 aromatic rings. The van der Waals surface area contributed by atoms with Crippen LogP contribution < -0.4 is 10.6 Å². The standard InChI is InChI=1S/C13H21FIN3/c1-4-18(7-5-6-17(2)3)13-8-10(14)11(15)9-12(13)16/h8-9H,4-7,16H2,1-3H3. The van der Waals surface area contributed by atoms with Gasteiger partial charge in [0.2, 0.25) is 0 Å². The summed E-state index contributed by atoms with van der Waals surface area (Å²) in [6.07, 6.45) is 1.04. The van der Waals surface area contributed by atoms with Gasteiger partial charge in [0.05, 0.1) is 14.9 Å². The van der Waals surface area contributed by atoms with Crippen LogP contribution in [0.15, 0.2) is 12.1 Å². The van der Waals surface area contributed by atoms with E-state index in [1.807, 2.05) is 22.6 Å². The molecule has 0 unspecified atom stereocenters. The Morgan fingerprint density at radius 3 is 2.50 bits per heavy atom. The van der Waals surface area contributed by atoms with Crippen molar-refractivity contribution < 1.29 is 4.39 Å². The Labute approximate surface area is 122 Å². The molecule has 0 aliphatic rings. The van der Waals surface area contributed by atoms with Crippen molar-refractivity contribution in [2.75, 3.05) is 44.4 Å². The second-order valence-corrected chi connectivity index (χ2v) is 5.72. The fraction of sp³-hybridized carbons (Fsp3) is 0.538. The smallest absolute Gasteiger partial charge is 0.138 e. The van der Waals surface area contributed by atoms with Crippen LogP contribution in [0.5, 0.6) is 0 Å². The Morgan fingerprint density at radius 1 is 1.28 bits per heavy atom. The van der Waals surface area contributed by atoms with Crippen LogP contribution in [0, 0.1) is 9.39 Å². The number of nitrogens with two attached hydrogens (primary N) is 1. The van der Waals surface area contributed by atoms with Crippen LogP contribution in [0.4, 0.5) is 15.8 Å². The third kappa shape index (κ3) is 4.28. The zero-order valence-electron chi connectivity index (χ0n) is 11.2. The zero-order valence-corrected chi connectivity index (χ0v) is 13.4. The van der Waals surface area contributed by atoms with Crippen LogP contribution in [0.3, 0.4) is 0 Å². The highest BCUT2D eigenvalue weighted by Crippen LogP contribution is 2.27. The SMILES string of the molecule is CCN(CCCN(C)C)c1cc(F)c(I)cc1N. The summed E-state index contributed by atoms with van der Waals surface area (Å²) in [6.45, 7) is 4.80. The Balaban J connectivity index is 2.78. The molecule has 5 heteroatoms. The van der Waals surface area contributed by atoms with E-state index in [1.54, 1.807) is 6.07 Å². The molecule has 3 nitrogen and oxygen atoms in total. The number of hydrogen-bond donors (Lipinski definition) is 1. The summed E-state index contributed by atoms with van der Waals surface area (Å²) in [5, 5.41) is 0. The Kier molecular flexibility index (Phi) is 6.14. The Morgan fingerprint density at radius 2 is 1.94 bits per heavy atom. The maximum absolute atomic E-state index is 13.6. The minimum absolute atomic E-state index is 0.203. The summed E-state index contributed by atoms with van der Waals surface area (Å²) in [4.78, 5) is 4.27. The fourth-order valence-corrected chi connectivity index (χ4v) is 2.34. The van der Waals surface area contributed by atoms with Gasteiger partial charge in [-0.3, -0.25) is 0 Å². The van der Waals surface area contributed by atoms with Crippen LogP contribution in [-0.4, -0.2) is 38.6 Å². The average Bonchev–Trinajstić information content (AvgIpc) is 2.30. The van der Waals surface area contributed by atoms with Gasteiger partial charge in [0.25, 0.3) is 0 Å². The summed E-state index contributed by atoms with van der Waals surface area (Å²) in [5.41, 5.74) is 7.42. The first kappa shape index (κ1) is 15.5. The number of nitrogens with zero attached hydrogens (tertiary/aromatic N) is 2. The van der Waals surface area contributed by atoms with Crippen LogP contribution in [-0.2, 0) is 0 Å². The van der Waals surface area contributed by atoms with Crippen molar-refractivity contribution >= 4 is 34.0 Å². The first-order valence-corrected chi connectivity index (χ1v) is 7.17. The molecule has 0 aliphatic heterocycles. The van der Waals surface area contributed by atoms with Gasteiger partial charge in [-0.25, -0.2) is 4.39 Å². The molecular formula is C13H21FIN3. The average molecular weight is 365 g/mol. The van der Waals surface area contributed by atoms with E-state index < -0.39 is 0 Å². The number of anilines is 2. The largest absolute Gasteiger partial charge is 0.397 e. The van der Waals surface area contributed by atoms with Crippen molar-refractivity contribution in [3.05, 3.63) is 21.5 Å². The molecule has 1 aromatic carbocycles. The molecule has 0 amide bonds. The summed E-state index contributed by atoms with van der Waals surface area (Å²) in [5.74, 6) is -0.203. The molecule has 2 N–H and O–H groups in total. The zero-order chi connectivity index (χ0) is 13.7. The molecule has 0 aromatic heterocycles. The van der Waals surface area contributed by atoms with Crippen molar-refractivity contribution in [2.45, 2.75) is 13.3 Å². The lowest BCUT2D eigenvalue weighted by Crippen LogP contribution is -2.27. The highest BCUT2D eigenvalue weighted by molar-refractivity contribution is 14.1. The van der Waals surface area contributed by atoms with E-state index in [-0.39, 0.29) is 5.82 Å². The number of nitrogen functional groups attached to an aromatic ring is 1. The lowest BCUT2D eigenvalue weighted by Gasteiger charge is -2.25. The second-order valence-electron chi connectivity index (χ2n) is 4.56. The Hall–Kier alpha value is -0.560. The molecular weight excluding hydrogens is 344 g/mol. The van der Waals surface area contributed by atoms with E-state index in [1.165, 1.54) is 6.07 Å². The molecule has 0 saturated heterocycles. The van der Waals surface area contributed by atoms with Crippen molar-refractivity contribution in [3.8, 4) is 0 Å². The molecule has 0 aliphatic carbocycles. The van der Waals surface area contributed by atoms with Crippen LogP contribution >= 0.6 is 22.6 Å². The minimum atomic E-state index is -0.203. The molecule has 0 bridgehead atoms.